The standard InChI is InChI=1S/C26H25NO4/c1-16(2)24-14-20(15-25-17(3)11-23(28)12-18(25)4)13-21(26(24)29)8-5-19-6-9-22(10-7-19)27(30)31/h6-7,9-14,16,28-29H,15H2,1-4H3. The van der Waals surface area contributed by atoms with E-state index in [0.29, 0.717) is 17.5 Å². The van der Waals surface area contributed by atoms with E-state index < -0.39 is 4.92 Å². The Balaban J connectivity index is 2.02. The summed E-state index contributed by atoms with van der Waals surface area (Å²) in [7, 11) is 0. The first-order valence-electron chi connectivity index (χ1n) is 10.1. The molecular formula is C26H25NO4. The van der Waals surface area contributed by atoms with Gasteiger partial charge in [0.1, 0.15) is 11.5 Å². The molecule has 3 rings (SSSR count). The van der Waals surface area contributed by atoms with Gasteiger partial charge in [-0.3, -0.25) is 10.1 Å². The quantitative estimate of drug-likeness (QED) is 0.323. The molecule has 0 fully saturated rings. The van der Waals surface area contributed by atoms with E-state index in [4.69, 9.17) is 0 Å². The first-order chi connectivity index (χ1) is 14.7. The summed E-state index contributed by atoms with van der Waals surface area (Å²) in [6.07, 6.45) is 0.657. The third-order valence-corrected chi connectivity index (χ3v) is 5.30. The van der Waals surface area contributed by atoms with Crippen molar-refractivity contribution in [2.75, 3.05) is 0 Å². The van der Waals surface area contributed by atoms with E-state index in [-0.39, 0.29) is 23.1 Å². The maximum atomic E-state index is 10.8. The molecule has 0 heterocycles. The Morgan fingerprint density at radius 3 is 2.13 bits per heavy atom. The molecule has 5 heteroatoms. The molecule has 3 aromatic carbocycles. The largest absolute Gasteiger partial charge is 0.508 e. The van der Waals surface area contributed by atoms with Crippen LogP contribution in [0.25, 0.3) is 0 Å². The van der Waals surface area contributed by atoms with Crippen LogP contribution in [-0.2, 0) is 6.42 Å². The topological polar surface area (TPSA) is 83.6 Å². The van der Waals surface area contributed by atoms with Gasteiger partial charge in [-0.05, 0) is 84.3 Å². The van der Waals surface area contributed by atoms with E-state index in [0.717, 1.165) is 27.8 Å². The lowest BCUT2D eigenvalue weighted by atomic mass is 9.91. The second-order valence-electron chi connectivity index (χ2n) is 8.02. The average molecular weight is 415 g/mol. The number of aromatic hydroxyl groups is 2. The van der Waals surface area contributed by atoms with Gasteiger partial charge in [0.05, 0.1) is 10.5 Å². The van der Waals surface area contributed by atoms with Crippen molar-refractivity contribution in [3.63, 3.8) is 0 Å². The monoisotopic (exact) mass is 415 g/mol. The van der Waals surface area contributed by atoms with Crippen LogP contribution in [0.2, 0.25) is 0 Å². The maximum absolute atomic E-state index is 10.8. The van der Waals surface area contributed by atoms with Crippen molar-refractivity contribution in [1.29, 1.82) is 0 Å². The number of phenols is 2. The number of non-ortho nitro benzene ring substituents is 1. The Hall–Kier alpha value is -3.78. The number of hydrogen-bond donors (Lipinski definition) is 2. The van der Waals surface area contributed by atoms with Crippen molar-refractivity contribution in [3.05, 3.63) is 97.6 Å². The zero-order valence-electron chi connectivity index (χ0n) is 18.1. The van der Waals surface area contributed by atoms with Crippen LogP contribution < -0.4 is 0 Å². The highest BCUT2D eigenvalue weighted by atomic mass is 16.6. The Bertz CT molecular complexity index is 1180. The highest BCUT2D eigenvalue weighted by molar-refractivity contribution is 5.56. The van der Waals surface area contributed by atoms with E-state index in [1.54, 1.807) is 24.3 Å². The van der Waals surface area contributed by atoms with Crippen LogP contribution in [0.1, 0.15) is 58.7 Å². The van der Waals surface area contributed by atoms with E-state index in [1.165, 1.54) is 12.1 Å². The minimum Gasteiger partial charge on any atom is -0.508 e. The lowest BCUT2D eigenvalue weighted by Gasteiger charge is -2.15. The number of nitro groups is 1. The molecule has 0 spiro atoms. The van der Waals surface area contributed by atoms with Crippen LogP contribution in [0, 0.1) is 35.8 Å². The lowest BCUT2D eigenvalue weighted by molar-refractivity contribution is -0.384. The minimum absolute atomic E-state index is 0.0112. The van der Waals surface area contributed by atoms with Gasteiger partial charge in [-0.15, -0.1) is 0 Å². The molecule has 0 unspecified atom stereocenters. The highest BCUT2D eigenvalue weighted by Crippen LogP contribution is 2.32. The van der Waals surface area contributed by atoms with Crippen LogP contribution in [0.3, 0.4) is 0 Å². The summed E-state index contributed by atoms with van der Waals surface area (Å²) < 4.78 is 0. The molecule has 0 bridgehead atoms. The molecule has 0 aliphatic heterocycles. The van der Waals surface area contributed by atoms with Crippen LogP contribution >= 0.6 is 0 Å². The van der Waals surface area contributed by atoms with Gasteiger partial charge in [0.25, 0.3) is 5.69 Å². The summed E-state index contributed by atoms with van der Waals surface area (Å²) in [4.78, 5) is 10.4. The summed E-state index contributed by atoms with van der Waals surface area (Å²) >= 11 is 0. The van der Waals surface area contributed by atoms with E-state index in [2.05, 4.69) is 11.8 Å². The SMILES string of the molecule is Cc1cc(O)cc(C)c1Cc1cc(C#Cc2ccc([N+](=O)[O-])cc2)c(O)c(C(C)C)c1. The van der Waals surface area contributed by atoms with Crippen molar-refractivity contribution in [3.8, 4) is 23.3 Å². The summed E-state index contributed by atoms with van der Waals surface area (Å²) in [5.41, 5.74) is 6.15. The molecule has 0 radical (unpaired) electrons. The predicted octanol–water partition coefficient (Wildman–Crippen LogP) is 5.74. The van der Waals surface area contributed by atoms with Crippen molar-refractivity contribution in [2.45, 2.75) is 40.0 Å². The number of nitrogens with zero attached hydrogens (tertiary/aromatic N) is 1. The van der Waals surface area contributed by atoms with Gasteiger partial charge in [-0.2, -0.15) is 0 Å². The molecule has 0 saturated heterocycles. The van der Waals surface area contributed by atoms with E-state index in [1.807, 2.05) is 39.8 Å². The smallest absolute Gasteiger partial charge is 0.269 e. The third kappa shape index (κ3) is 5.04. The second-order valence-corrected chi connectivity index (χ2v) is 8.02. The maximum Gasteiger partial charge on any atom is 0.269 e. The molecular weight excluding hydrogens is 390 g/mol. The molecule has 2 N–H and O–H groups in total. The zero-order valence-corrected chi connectivity index (χ0v) is 18.1. The highest BCUT2D eigenvalue weighted by Gasteiger charge is 2.14. The summed E-state index contributed by atoms with van der Waals surface area (Å²) in [6, 6.07) is 13.4. The number of hydrogen-bond acceptors (Lipinski definition) is 4. The predicted molar refractivity (Wildman–Crippen MR) is 122 cm³/mol. The van der Waals surface area contributed by atoms with Crippen LogP contribution in [0.5, 0.6) is 11.5 Å². The summed E-state index contributed by atoms with van der Waals surface area (Å²) in [5, 5.41) is 31.4. The van der Waals surface area contributed by atoms with Crippen molar-refractivity contribution in [2.24, 2.45) is 0 Å². The van der Waals surface area contributed by atoms with E-state index >= 15 is 0 Å². The number of benzene rings is 3. The van der Waals surface area contributed by atoms with E-state index in [9.17, 15) is 20.3 Å². The third-order valence-electron chi connectivity index (χ3n) is 5.30. The molecule has 3 aromatic rings. The Morgan fingerprint density at radius 1 is 0.968 bits per heavy atom. The Morgan fingerprint density at radius 2 is 1.58 bits per heavy atom. The molecule has 0 saturated carbocycles. The number of rotatable bonds is 4. The Kier molecular flexibility index (Phi) is 6.31. The molecule has 0 amide bonds. The first-order valence-corrected chi connectivity index (χ1v) is 10.1. The fourth-order valence-corrected chi connectivity index (χ4v) is 3.62. The van der Waals surface area contributed by atoms with Gasteiger partial charge in [0, 0.05) is 17.7 Å². The second kappa shape index (κ2) is 8.93. The van der Waals surface area contributed by atoms with Gasteiger partial charge in [-0.1, -0.05) is 31.8 Å². The van der Waals surface area contributed by atoms with Crippen LogP contribution in [0.15, 0.2) is 48.5 Å². The fourth-order valence-electron chi connectivity index (χ4n) is 3.62. The molecule has 158 valence electrons. The van der Waals surface area contributed by atoms with Gasteiger partial charge >= 0.3 is 0 Å². The molecule has 0 aliphatic rings. The van der Waals surface area contributed by atoms with Crippen molar-refractivity contribution in [1.82, 2.24) is 0 Å². The van der Waals surface area contributed by atoms with Gasteiger partial charge in [0.15, 0.2) is 0 Å². The number of aryl methyl sites for hydroxylation is 2. The number of phenolic OH excluding ortho intramolecular Hbond substituents is 2. The minimum atomic E-state index is -0.450. The van der Waals surface area contributed by atoms with Gasteiger partial charge < -0.3 is 10.2 Å². The average Bonchev–Trinajstić information content (AvgIpc) is 2.70. The van der Waals surface area contributed by atoms with Crippen molar-refractivity contribution >= 4 is 5.69 Å². The summed E-state index contributed by atoms with van der Waals surface area (Å²) in [5.74, 6) is 6.54. The first kappa shape index (κ1) is 21.9. The lowest BCUT2D eigenvalue weighted by Crippen LogP contribution is -1.99. The molecule has 0 aliphatic carbocycles. The molecule has 31 heavy (non-hydrogen) atoms. The Labute approximate surface area is 182 Å². The van der Waals surface area contributed by atoms with Crippen LogP contribution in [0.4, 0.5) is 5.69 Å². The molecule has 0 atom stereocenters. The molecule has 5 nitrogen and oxygen atoms in total. The zero-order chi connectivity index (χ0) is 22.7. The normalized spacial score (nSPS) is 10.6. The van der Waals surface area contributed by atoms with Crippen molar-refractivity contribution < 1.29 is 15.1 Å². The van der Waals surface area contributed by atoms with Gasteiger partial charge in [-0.25, -0.2) is 0 Å². The summed E-state index contributed by atoms with van der Waals surface area (Å²) in [6.45, 7) is 7.98. The molecule has 0 aromatic heterocycles. The van der Waals surface area contributed by atoms with Gasteiger partial charge in [0.2, 0.25) is 0 Å². The number of nitro benzene ring substituents is 1. The fraction of sp³-hybridized carbons (Fsp3) is 0.231. The van der Waals surface area contributed by atoms with Crippen LogP contribution in [-0.4, -0.2) is 15.1 Å².